The Morgan fingerprint density at radius 2 is 1.12 bits per heavy atom. The van der Waals surface area contributed by atoms with E-state index in [1.165, 1.54) is 32.1 Å². The van der Waals surface area contributed by atoms with E-state index < -0.39 is 23.8 Å². The second-order valence-electron chi connectivity index (χ2n) is 19.7. The van der Waals surface area contributed by atoms with Gasteiger partial charge in [0, 0.05) is 7.11 Å². The number of hydrogen-bond acceptors (Lipinski definition) is 7. The third kappa shape index (κ3) is 19.7. The molecule has 2 aliphatic rings. The van der Waals surface area contributed by atoms with Crippen LogP contribution in [0.15, 0.2) is 0 Å². The van der Waals surface area contributed by atoms with Gasteiger partial charge in [-0.1, -0.05) is 109 Å². The maximum Gasteiger partial charge on any atom is 0.508 e. The summed E-state index contributed by atoms with van der Waals surface area (Å²) in [5.74, 6) is 2.22. The van der Waals surface area contributed by atoms with Gasteiger partial charge in [0.15, 0.2) is 5.60 Å². The molecule has 6 atom stereocenters. The highest BCUT2D eigenvalue weighted by atomic mass is 16.7. The Morgan fingerprint density at radius 3 is 1.49 bits per heavy atom. The summed E-state index contributed by atoms with van der Waals surface area (Å²) in [6.07, 6.45) is 9.36. The summed E-state index contributed by atoms with van der Waals surface area (Å²) in [4.78, 5) is 23.6. The number of carbonyl (C=O) groups is 2. The minimum absolute atomic E-state index is 0.000329. The van der Waals surface area contributed by atoms with Crippen LogP contribution in [-0.2, 0) is 28.5 Å². The molecular formula is C42H82O7. The number of carbonyl (C=O) groups excluding carboxylic acids is 2. The van der Waals surface area contributed by atoms with Gasteiger partial charge in [0.05, 0.1) is 18.8 Å². The molecule has 0 aliphatic heterocycles. The Hall–Kier alpha value is -1.34. The average Bonchev–Trinajstić information content (AvgIpc) is 2.95. The van der Waals surface area contributed by atoms with E-state index in [1.807, 2.05) is 0 Å². The molecule has 0 aromatic rings. The van der Waals surface area contributed by atoms with E-state index in [-0.39, 0.29) is 25.4 Å². The lowest BCUT2D eigenvalue weighted by Gasteiger charge is -2.46. The first kappa shape index (κ1) is 47.7. The lowest BCUT2D eigenvalue weighted by Crippen LogP contribution is -2.45. The fraction of sp³-hybridized carbons (Fsp3) is 0.952. The average molecular weight is 699 g/mol. The zero-order valence-electron chi connectivity index (χ0n) is 35.6. The van der Waals surface area contributed by atoms with E-state index in [9.17, 15) is 9.59 Å². The van der Waals surface area contributed by atoms with Crippen molar-refractivity contribution in [2.24, 2.45) is 39.4 Å². The molecule has 0 radical (unpaired) electrons. The third-order valence-corrected chi connectivity index (χ3v) is 10.3. The van der Waals surface area contributed by atoms with Gasteiger partial charge in [-0.05, 0) is 106 Å². The second kappa shape index (κ2) is 20.6. The summed E-state index contributed by atoms with van der Waals surface area (Å²) in [7, 11) is 1.63. The standard InChI is InChI=1S/C17H30O7.C14H28.C11H24/c1-6-21-16(19)22-11-12(2)24-17(3,4)15(18)23-14-10-8-7-9-13(14)20-5;1-13(2,3)11-9-7-8-10-12(11)14(4,5)6;1-9(11(5,6)7)8-10(2,3)4/h12-14H,6-11H2,1-5H3;11-12H,7-10H2,1-6H3;9H,8H2,1-7H3. The van der Waals surface area contributed by atoms with Crippen molar-refractivity contribution in [2.75, 3.05) is 20.3 Å². The van der Waals surface area contributed by atoms with Gasteiger partial charge >= 0.3 is 12.1 Å². The Morgan fingerprint density at radius 1 is 0.673 bits per heavy atom. The highest BCUT2D eigenvalue weighted by Gasteiger charge is 2.40. The summed E-state index contributed by atoms with van der Waals surface area (Å²) in [5.41, 5.74) is 0.796. The molecule has 0 N–H and O–H groups in total. The van der Waals surface area contributed by atoms with Gasteiger partial charge in [-0.3, -0.25) is 0 Å². The summed E-state index contributed by atoms with van der Waals surface area (Å²) < 4.78 is 26.3. The van der Waals surface area contributed by atoms with Crippen LogP contribution in [0.25, 0.3) is 0 Å². The first-order chi connectivity index (χ1) is 22.2. The molecule has 7 nitrogen and oxygen atoms in total. The molecule has 0 spiro atoms. The predicted octanol–water partition coefficient (Wildman–Crippen LogP) is 11.8. The van der Waals surface area contributed by atoms with Crippen LogP contribution in [0.1, 0.15) is 175 Å². The predicted molar refractivity (Wildman–Crippen MR) is 204 cm³/mol. The number of hydrogen-bond donors (Lipinski definition) is 0. The van der Waals surface area contributed by atoms with E-state index in [4.69, 9.17) is 18.9 Å². The second-order valence-corrected chi connectivity index (χ2v) is 19.7. The first-order valence-electron chi connectivity index (χ1n) is 19.4. The van der Waals surface area contributed by atoms with Gasteiger partial charge < -0.3 is 23.7 Å². The van der Waals surface area contributed by atoms with Crippen molar-refractivity contribution in [3.8, 4) is 0 Å². The van der Waals surface area contributed by atoms with Crippen molar-refractivity contribution in [1.29, 1.82) is 0 Å². The molecule has 0 bridgehead atoms. The number of rotatable bonds is 9. The van der Waals surface area contributed by atoms with Crippen LogP contribution >= 0.6 is 0 Å². The molecule has 2 rings (SSSR count). The molecule has 49 heavy (non-hydrogen) atoms. The Balaban J connectivity index is 0.000000779. The fourth-order valence-electron chi connectivity index (χ4n) is 7.11. The fourth-order valence-corrected chi connectivity index (χ4v) is 7.11. The van der Waals surface area contributed by atoms with Gasteiger partial charge in [0.2, 0.25) is 0 Å². The van der Waals surface area contributed by atoms with Gasteiger partial charge in [0.1, 0.15) is 12.7 Å². The molecule has 2 aliphatic carbocycles. The molecule has 2 saturated carbocycles. The third-order valence-electron chi connectivity index (χ3n) is 10.3. The normalized spacial score (nSPS) is 23.5. The molecule has 0 amide bonds. The molecule has 0 heterocycles. The summed E-state index contributed by atoms with van der Waals surface area (Å²) in [6, 6.07) is 0. The smallest absolute Gasteiger partial charge is 0.457 e. The van der Waals surface area contributed by atoms with Crippen LogP contribution < -0.4 is 0 Å². The zero-order valence-corrected chi connectivity index (χ0v) is 35.6. The Kier molecular flexibility index (Phi) is 20.1. The van der Waals surface area contributed by atoms with Crippen LogP contribution in [0.2, 0.25) is 0 Å². The SMILES string of the molecule is CC(C)(C)C1CCCCC1C(C)(C)C.CC(CC(C)(C)C)C(C)(C)C.CCOC(=O)OCC(C)OC(C)(C)C(=O)OC1CCCCC1OC. The van der Waals surface area contributed by atoms with E-state index in [1.54, 1.807) is 34.8 Å². The molecule has 7 heteroatoms. The van der Waals surface area contributed by atoms with E-state index in [0.717, 1.165) is 43.4 Å². The van der Waals surface area contributed by atoms with Crippen LogP contribution in [0.3, 0.4) is 0 Å². The lowest BCUT2D eigenvalue weighted by molar-refractivity contribution is -0.189. The molecule has 2 fully saturated rings. The van der Waals surface area contributed by atoms with Crippen molar-refractivity contribution >= 4 is 12.1 Å². The highest BCUT2D eigenvalue weighted by Crippen LogP contribution is 2.49. The van der Waals surface area contributed by atoms with Crippen molar-refractivity contribution in [3.63, 3.8) is 0 Å². The Bertz CT molecular complexity index is 907. The molecule has 0 saturated heterocycles. The van der Waals surface area contributed by atoms with Crippen LogP contribution in [0.4, 0.5) is 4.79 Å². The highest BCUT2D eigenvalue weighted by molar-refractivity contribution is 5.78. The molecule has 292 valence electrons. The number of esters is 1. The minimum Gasteiger partial charge on any atom is -0.457 e. The van der Waals surface area contributed by atoms with Crippen molar-refractivity contribution < 1.29 is 33.3 Å². The molecule has 0 aromatic heterocycles. The van der Waals surface area contributed by atoms with Gasteiger partial charge in [0.25, 0.3) is 0 Å². The largest absolute Gasteiger partial charge is 0.508 e. The molecular weight excluding hydrogens is 616 g/mol. The van der Waals surface area contributed by atoms with E-state index >= 15 is 0 Å². The molecule has 0 aromatic carbocycles. The summed E-state index contributed by atoms with van der Waals surface area (Å²) in [6.45, 7) is 37.7. The maximum atomic E-state index is 12.4. The zero-order chi connectivity index (χ0) is 38.4. The minimum atomic E-state index is -1.15. The maximum absolute atomic E-state index is 12.4. The summed E-state index contributed by atoms with van der Waals surface area (Å²) >= 11 is 0. The van der Waals surface area contributed by atoms with Crippen molar-refractivity contribution in [3.05, 3.63) is 0 Å². The number of ether oxygens (including phenoxy) is 5. The lowest BCUT2D eigenvalue weighted by atomic mass is 9.59. The van der Waals surface area contributed by atoms with Crippen molar-refractivity contribution in [1.82, 2.24) is 0 Å². The number of methoxy groups -OCH3 is 1. The first-order valence-corrected chi connectivity index (χ1v) is 19.4. The van der Waals surface area contributed by atoms with E-state index in [0.29, 0.717) is 21.7 Å². The topological polar surface area (TPSA) is 80.3 Å². The van der Waals surface area contributed by atoms with Crippen LogP contribution in [0, 0.1) is 39.4 Å². The van der Waals surface area contributed by atoms with Crippen LogP contribution in [-0.4, -0.2) is 56.4 Å². The van der Waals surface area contributed by atoms with Gasteiger partial charge in [-0.2, -0.15) is 0 Å². The monoisotopic (exact) mass is 699 g/mol. The Labute approximate surface area is 304 Å². The van der Waals surface area contributed by atoms with Gasteiger partial charge in [-0.25, -0.2) is 9.59 Å². The van der Waals surface area contributed by atoms with E-state index in [2.05, 4.69) is 94.7 Å². The van der Waals surface area contributed by atoms with Crippen molar-refractivity contribution in [2.45, 2.75) is 199 Å². The van der Waals surface area contributed by atoms with Crippen LogP contribution in [0.5, 0.6) is 0 Å². The quantitative estimate of drug-likeness (QED) is 0.222. The molecule has 6 unspecified atom stereocenters. The van der Waals surface area contributed by atoms with Gasteiger partial charge in [-0.15, -0.1) is 0 Å². The summed E-state index contributed by atoms with van der Waals surface area (Å²) in [5, 5.41) is 0.